The van der Waals surface area contributed by atoms with Gasteiger partial charge in [-0.2, -0.15) is 0 Å². The summed E-state index contributed by atoms with van der Waals surface area (Å²) in [5.41, 5.74) is 0. The summed E-state index contributed by atoms with van der Waals surface area (Å²) < 4.78 is 11.1. The monoisotopic (exact) mass is 200 g/mol. The van der Waals surface area contributed by atoms with Gasteiger partial charge in [0.05, 0.1) is 0 Å². The van der Waals surface area contributed by atoms with Crippen LogP contribution >= 0.6 is 0 Å². The molecule has 0 aliphatic heterocycles. The molecule has 2 heteroatoms. The average molecular weight is 200 g/mol. The lowest BCUT2D eigenvalue weighted by atomic mass is 9.80. The van der Waals surface area contributed by atoms with Crippen molar-refractivity contribution < 1.29 is 9.47 Å². The van der Waals surface area contributed by atoms with Crippen LogP contribution in [0.15, 0.2) is 0 Å². The Kier molecular flexibility index (Phi) is 6.20. The van der Waals surface area contributed by atoms with Crippen LogP contribution in [0.1, 0.15) is 39.5 Å². The zero-order chi connectivity index (χ0) is 10.2. The van der Waals surface area contributed by atoms with Crippen LogP contribution in [-0.4, -0.2) is 26.4 Å². The molecule has 1 aliphatic carbocycles. The molecule has 0 radical (unpaired) electrons. The first kappa shape index (κ1) is 12.0. The molecule has 14 heavy (non-hydrogen) atoms. The molecule has 2 nitrogen and oxygen atoms in total. The molecule has 0 aromatic rings. The van der Waals surface area contributed by atoms with E-state index in [0.29, 0.717) is 0 Å². The molecule has 2 unspecified atom stereocenters. The summed E-state index contributed by atoms with van der Waals surface area (Å²) in [6.07, 6.45) is 5.41. The molecule has 1 fully saturated rings. The first-order valence-corrected chi connectivity index (χ1v) is 6.04. The van der Waals surface area contributed by atoms with Crippen molar-refractivity contribution in [1.82, 2.24) is 0 Å². The molecule has 1 saturated carbocycles. The molecule has 0 amide bonds. The van der Waals surface area contributed by atoms with E-state index in [1.807, 2.05) is 0 Å². The van der Waals surface area contributed by atoms with E-state index in [-0.39, 0.29) is 0 Å². The van der Waals surface area contributed by atoms with Gasteiger partial charge in [-0.05, 0) is 38.5 Å². The van der Waals surface area contributed by atoms with Crippen molar-refractivity contribution in [2.75, 3.05) is 26.4 Å². The third-order valence-corrected chi connectivity index (χ3v) is 3.14. The predicted octanol–water partition coefficient (Wildman–Crippen LogP) is 2.87. The van der Waals surface area contributed by atoms with E-state index in [4.69, 9.17) is 9.47 Å². The van der Waals surface area contributed by atoms with Crippen LogP contribution in [0.4, 0.5) is 0 Å². The van der Waals surface area contributed by atoms with Crippen LogP contribution in [0.5, 0.6) is 0 Å². The lowest BCUT2D eigenvalue weighted by Crippen LogP contribution is -2.27. The molecule has 0 spiro atoms. The molecule has 0 N–H and O–H groups in total. The van der Waals surface area contributed by atoms with Gasteiger partial charge in [-0.15, -0.1) is 0 Å². The van der Waals surface area contributed by atoms with Gasteiger partial charge in [0.2, 0.25) is 0 Å². The quantitative estimate of drug-likeness (QED) is 0.656. The predicted molar refractivity (Wildman–Crippen MR) is 58.4 cm³/mol. The second kappa shape index (κ2) is 7.24. The normalized spacial score (nSPS) is 27.9. The van der Waals surface area contributed by atoms with Crippen LogP contribution in [0.25, 0.3) is 0 Å². The summed E-state index contributed by atoms with van der Waals surface area (Å²) in [5, 5.41) is 0. The van der Waals surface area contributed by atoms with Gasteiger partial charge in [-0.25, -0.2) is 0 Å². The molecule has 0 aromatic carbocycles. The Bertz CT molecular complexity index is 120. The third-order valence-electron chi connectivity index (χ3n) is 3.14. The molecular formula is C12H24O2. The van der Waals surface area contributed by atoms with Gasteiger partial charge in [-0.3, -0.25) is 0 Å². The Balaban J connectivity index is 2.26. The summed E-state index contributed by atoms with van der Waals surface area (Å²) in [7, 11) is 0. The van der Waals surface area contributed by atoms with Crippen molar-refractivity contribution in [3.8, 4) is 0 Å². The molecule has 1 rings (SSSR count). The Morgan fingerprint density at radius 3 is 1.64 bits per heavy atom. The van der Waals surface area contributed by atoms with Crippen LogP contribution < -0.4 is 0 Å². The standard InChI is InChI=1S/C12H24O2/c1-3-13-9-11-7-5-6-8-12(11)10-14-4-2/h11-12H,3-10H2,1-2H3. The summed E-state index contributed by atoms with van der Waals surface area (Å²) in [4.78, 5) is 0. The third kappa shape index (κ3) is 3.97. The summed E-state index contributed by atoms with van der Waals surface area (Å²) in [6, 6.07) is 0. The van der Waals surface area contributed by atoms with Gasteiger partial charge in [0.15, 0.2) is 0 Å². The van der Waals surface area contributed by atoms with Crippen molar-refractivity contribution in [3.05, 3.63) is 0 Å². The average Bonchev–Trinajstić information content (AvgIpc) is 2.24. The molecule has 84 valence electrons. The Morgan fingerprint density at radius 2 is 1.29 bits per heavy atom. The SMILES string of the molecule is CCOCC1CCCCC1COCC. The summed E-state index contributed by atoms with van der Waals surface area (Å²) in [5.74, 6) is 1.49. The highest BCUT2D eigenvalue weighted by Crippen LogP contribution is 2.30. The van der Waals surface area contributed by atoms with E-state index in [1.165, 1.54) is 25.7 Å². The van der Waals surface area contributed by atoms with E-state index in [1.54, 1.807) is 0 Å². The van der Waals surface area contributed by atoms with Gasteiger partial charge in [0.25, 0.3) is 0 Å². The van der Waals surface area contributed by atoms with Gasteiger partial charge in [-0.1, -0.05) is 12.8 Å². The smallest absolute Gasteiger partial charge is 0.0497 e. The van der Waals surface area contributed by atoms with E-state index in [9.17, 15) is 0 Å². The van der Waals surface area contributed by atoms with Crippen LogP contribution in [0.3, 0.4) is 0 Å². The minimum atomic E-state index is 0.746. The molecule has 0 heterocycles. The second-order valence-corrected chi connectivity index (χ2v) is 4.12. The maximum Gasteiger partial charge on any atom is 0.0497 e. The minimum absolute atomic E-state index is 0.746. The Labute approximate surface area is 88.0 Å². The van der Waals surface area contributed by atoms with Crippen LogP contribution in [0.2, 0.25) is 0 Å². The number of hydrogen-bond donors (Lipinski definition) is 0. The second-order valence-electron chi connectivity index (χ2n) is 4.12. The summed E-state index contributed by atoms with van der Waals surface area (Å²) in [6.45, 7) is 7.71. The van der Waals surface area contributed by atoms with Gasteiger partial charge >= 0.3 is 0 Å². The number of rotatable bonds is 6. The fraction of sp³-hybridized carbons (Fsp3) is 1.00. The Hall–Kier alpha value is -0.0800. The van der Waals surface area contributed by atoms with Crippen molar-refractivity contribution in [2.45, 2.75) is 39.5 Å². The largest absolute Gasteiger partial charge is 0.381 e. The van der Waals surface area contributed by atoms with E-state index < -0.39 is 0 Å². The number of ether oxygens (including phenoxy) is 2. The minimum Gasteiger partial charge on any atom is -0.381 e. The Morgan fingerprint density at radius 1 is 0.857 bits per heavy atom. The van der Waals surface area contributed by atoms with Crippen molar-refractivity contribution in [2.24, 2.45) is 11.8 Å². The lowest BCUT2D eigenvalue weighted by Gasteiger charge is -2.31. The molecule has 0 bridgehead atoms. The molecule has 0 aromatic heterocycles. The van der Waals surface area contributed by atoms with Gasteiger partial charge in [0.1, 0.15) is 0 Å². The van der Waals surface area contributed by atoms with Crippen LogP contribution in [-0.2, 0) is 9.47 Å². The maximum atomic E-state index is 5.53. The van der Waals surface area contributed by atoms with E-state index in [2.05, 4.69) is 13.8 Å². The zero-order valence-electron chi connectivity index (χ0n) is 9.63. The highest BCUT2D eigenvalue weighted by molar-refractivity contribution is 4.75. The van der Waals surface area contributed by atoms with Crippen LogP contribution in [0, 0.1) is 11.8 Å². The maximum absolute atomic E-state index is 5.53. The first-order chi connectivity index (χ1) is 6.88. The molecule has 1 aliphatic rings. The van der Waals surface area contributed by atoms with E-state index >= 15 is 0 Å². The zero-order valence-corrected chi connectivity index (χ0v) is 9.63. The highest BCUT2D eigenvalue weighted by atomic mass is 16.5. The van der Waals surface area contributed by atoms with Gasteiger partial charge in [0, 0.05) is 26.4 Å². The van der Waals surface area contributed by atoms with Crippen molar-refractivity contribution >= 4 is 0 Å². The van der Waals surface area contributed by atoms with Gasteiger partial charge < -0.3 is 9.47 Å². The molecule has 0 saturated heterocycles. The molecule has 2 atom stereocenters. The first-order valence-electron chi connectivity index (χ1n) is 6.04. The summed E-state index contributed by atoms with van der Waals surface area (Å²) >= 11 is 0. The molecular weight excluding hydrogens is 176 g/mol. The van der Waals surface area contributed by atoms with Crippen molar-refractivity contribution in [1.29, 1.82) is 0 Å². The van der Waals surface area contributed by atoms with E-state index in [0.717, 1.165) is 38.3 Å². The fourth-order valence-corrected chi connectivity index (χ4v) is 2.26. The lowest BCUT2D eigenvalue weighted by molar-refractivity contribution is 0.0206. The highest BCUT2D eigenvalue weighted by Gasteiger charge is 2.24. The fourth-order valence-electron chi connectivity index (χ4n) is 2.26. The number of hydrogen-bond acceptors (Lipinski definition) is 2. The topological polar surface area (TPSA) is 18.5 Å². The van der Waals surface area contributed by atoms with Crippen molar-refractivity contribution in [3.63, 3.8) is 0 Å².